The molecular formula is C26H22N4O3S. The van der Waals surface area contributed by atoms with E-state index >= 15 is 0 Å². The summed E-state index contributed by atoms with van der Waals surface area (Å²) in [6.45, 7) is 0.565. The van der Waals surface area contributed by atoms with E-state index in [4.69, 9.17) is 19.6 Å². The molecule has 170 valence electrons. The molecule has 0 aliphatic carbocycles. The predicted molar refractivity (Wildman–Crippen MR) is 134 cm³/mol. The van der Waals surface area contributed by atoms with Gasteiger partial charge in [-0.1, -0.05) is 42.5 Å². The molecule has 8 heteroatoms. The number of amides is 1. The zero-order valence-electron chi connectivity index (χ0n) is 18.5. The summed E-state index contributed by atoms with van der Waals surface area (Å²) in [5, 5.41) is 9.65. The number of carbonyl (C=O) groups is 1. The molecule has 7 nitrogen and oxygen atoms in total. The predicted octanol–water partition coefficient (Wildman–Crippen LogP) is 4.54. The summed E-state index contributed by atoms with van der Waals surface area (Å²) in [4.78, 5) is 17.4. The first-order valence-corrected chi connectivity index (χ1v) is 11.6. The van der Waals surface area contributed by atoms with Gasteiger partial charge in [0.2, 0.25) is 4.80 Å². The number of nitrogens with zero attached hydrogens (tertiary/aromatic N) is 3. The first-order chi connectivity index (χ1) is 16.7. The average Bonchev–Trinajstić information content (AvgIpc) is 3.29. The standard InChI is InChI=1S/C26H22N4O3S/c1-32-23-10-6-5-9-20(23)15-28-30-22(17-34-26(30)27-14-18-7-3-2-4-8-18)19-11-12-24-21(13-19)29-25(31)16-33-24/h2-13,15,17H,14,16H2,1H3,(H,29,31). The number of benzene rings is 3. The maximum Gasteiger partial charge on any atom is 0.262 e. The second-order valence-electron chi connectivity index (χ2n) is 7.55. The van der Waals surface area contributed by atoms with Crippen LogP contribution in [-0.4, -0.2) is 30.5 Å². The first kappa shape index (κ1) is 21.7. The van der Waals surface area contributed by atoms with Crippen molar-refractivity contribution in [2.45, 2.75) is 6.54 Å². The van der Waals surface area contributed by atoms with Gasteiger partial charge < -0.3 is 14.8 Å². The van der Waals surface area contributed by atoms with Crippen LogP contribution in [0.3, 0.4) is 0 Å². The van der Waals surface area contributed by atoms with E-state index in [-0.39, 0.29) is 12.5 Å². The van der Waals surface area contributed by atoms with Crippen LogP contribution in [-0.2, 0) is 11.3 Å². The summed E-state index contributed by atoms with van der Waals surface area (Å²) >= 11 is 1.51. The van der Waals surface area contributed by atoms with Gasteiger partial charge in [0, 0.05) is 16.5 Å². The number of hydrogen-bond acceptors (Lipinski definition) is 6. The number of anilines is 1. The Labute approximate surface area is 200 Å². The molecule has 0 fully saturated rings. The van der Waals surface area contributed by atoms with Gasteiger partial charge in [-0.25, -0.2) is 4.68 Å². The minimum atomic E-state index is -0.171. The topological polar surface area (TPSA) is 77.2 Å². The molecule has 0 saturated heterocycles. The number of methoxy groups -OCH3 is 1. The Bertz CT molecular complexity index is 1420. The minimum absolute atomic E-state index is 0.0243. The molecule has 1 aromatic heterocycles. The molecule has 0 spiro atoms. The zero-order valence-corrected chi connectivity index (χ0v) is 19.3. The number of aromatic nitrogens is 1. The first-order valence-electron chi connectivity index (χ1n) is 10.7. The Morgan fingerprint density at radius 3 is 2.79 bits per heavy atom. The van der Waals surface area contributed by atoms with Crippen molar-refractivity contribution >= 4 is 29.1 Å². The van der Waals surface area contributed by atoms with E-state index in [0.29, 0.717) is 18.0 Å². The van der Waals surface area contributed by atoms with E-state index in [0.717, 1.165) is 32.9 Å². The monoisotopic (exact) mass is 470 g/mol. The van der Waals surface area contributed by atoms with Crippen molar-refractivity contribution < 1.29 is 14.3 Å². The van der Waals surface area contributed by atoms with Crippen LogP contribution in [0.15, 0.2) is 88.3 Å². The minimum Gasteiger partial charge on any atom is -0.496 e. The maximum absolute atomic E-state index is 11.8. The Morgan fingerprint density at radius 1 is 1.12 bits per heavy atom. The lowest BCUT2D eigenvalue weighted by atomic mass is 10.1. The highest BCUT2D eigenvalue weighted by molar-refractivity contribution is 7.07. The molecule has 1 aliphatic rings. The molecule has 1 amide bonds. The van der Waals surface area contributed by atoms with Gasteiger partial charge in [-0.05, 0) is 35.9 Å². The smallest absolute Gasteiger partial charge is 0.262 e. The number of nitrogens with one attached hydrogen (secondary N) is 1. The van der Waals surface area contributed by atoms with Crippen molar-refractivity contribution in [2.24, 2.45) is 10.1 Å². The van der Waals surface area contributed by atoms with Crippen LogP contribution in [0.1, 0.15) is 11.1 Å². The normalized spacial score (nSPS) is 13.4. The summed E-state index contributed by atoms with van der Waals surface area (Å²) < 4.78 is 12.8. The number of ether oxygens (including phenoxy) is 2. The quantitative estimate of drug-likeness (QED) is 0.421. The lowest BCUT2D eigenvalue weighted by Crippen LogP contribution is -2.25. The van der Waals surface area contributed by atoms with Crippen molar-refractivity contribution in [1.82, 2.24) is 4.68 Å². The van der Waals surface area contributed by atoms with E-state index in [1.54, 1.807) is 13.3 Å². The van der Waals surface area contributed by atoms with E-state index in [1.807, 2.05) is 82.9 Å². The molecule has 0 unspecified atom stereocenters. The fourth-order valence-electron chi connectivity index (χ4n) is 3.60. The number of rotatable bonds is 6. The second-order valence-corrected chi connectivity index (χ2v) is 8.39. The lowest BCUT2D eigenvalue weighted by Gasteiger charge is -2.18. The summed E-state index contributed by atoms with van der Waals surface area (Å²) in [5.41, 5.74) is 4.36. The van der Waals surface area contributed by atoms with E-state index < -0.39 is 0 Å². The lowest BCUT2D eigenvalue weighted by molar-refractivity contribution is -0.118. The molecular weight excluding hydrogens is 448 g/mol. The summed E-state index contributed by atoms with van der Waals surface area (Å²) in [5.74, 6) is 1.22. The number of thiazole rings is 1. The van der Waals surface area contributed by atoms with Crippen LogP contribution in [0.2, 0.25) is 0 Å². The molecule has 2 heterocycles. The SMILES string of the molecule is COc1ccccc1C=Nn1c(-c2ccc3c(c2)NC(=O)CO3)csc1=NCc1ccccc1. The van der Waals surface area contributed by atoms with E-state index in [2.05, 4.69) is 5.32 Å². The Hall–Kier alpha value is -4.17. The van der Waals surface area contributed by atoms with Crippen molar-refractivity contribution in [2.75, 3.05) is 19.0 Å². The van der Waals surface area contributed by atoms with Gasteiger partial charge in [0.05, 0.1) is 31.3 Å². The highest BCUT2D eigenvalue weighted by Gasteiger charge is 2.18. The molecule has 1 N–H and O–H groups in total. The molecule has 0 bridgehead atoms. The average molecular weight is 471 g/mol. The van der Waals surface area contributed by atoms with Crippen LogP contribution in [0.25, 0.3) is 11.3 Å². The molecule has 4 aromatic rings. The van der Waals surface area contributed by atoms with Gasteiger partial charge in [-0.2, -0.15) is 5.10 Å². The third-order valence-electron chi connectivity index (χ3n) is 5.28. The maximum atomic E-state index is 11.8. The van der Waals surface area contributed by atoms with Crippen molar-refractivity contribution in [3.8, 4) is 22.8 Å². The molecule has 3 aromatic carbocycles. The Morgan fingerprint density at radius 2 is 1.94 bits per heavy atom. The zero-order chi connectivity index (χ0) is 23.3. The molecule has 5 rings (SSSR count). The highest BCUT2D eigenvalue weighted by Crippen LogP contribution is 2.33. The highest BCUT2D eigenvalue weighted by atomic mass is 32.1. The van der Waals surface area contributed by atoms with E-state index in [1.165, 1.54) is 11.3 Å². The second kappa shape index (κ2) is 9.76. The van der Waals surface area contributed by atoms with Crippen LogP contribution in [0.5, 0.6) is 11.5 Å². The number of para-hydroxylation sites is 1. The summed E-state index contributed by atoms with van der Waals surface area (Å²) in [6.07, 6.45) is 1.76. The number of carbonyl (C=O) groups excluding carboxylic acids is 1. The fraction of sp³-hybridized carbons (Fsp3) is 0.115. The molecule has 0 radical (unpaired) electrons. The molecule has 1 aliphatic heterocycles. The van der Waals surface area contributed by atoms with Gasteiger partial charge in [-0.15, -0.1) is 11.3 Å². The largest absolute Gasteiger partial charge is 0.496 e. The molecule has 34 heavy (non-hydrogen) atoms. The number of hydrogen-bond donors (Lipinski definition) is 1. The molecule has 0 saturated carbocycles. The van der Waals surface area contributed by atoms with Crippen molar-refractivity contribution in [3.63, 3.8) is 0 Å². The van der Waals surface area contributed by atoms with Gasteiger partial charge >= 0.3 is 0 Å². The third kappa shape index (κ3) is 4.62. The van der Waals surface area contributed by atoms with Crippen LogP contribution in [0.4, 0.5) is 5.69 Å². The number of fused-ring (bicyclic) bond motifs is 1. The summed E-state index contributed by atoms with van der Waals surface area (Å²) in [6, 6.07) is 23.5. The Kier molecular flexibility index (Phi) is 6.22. The van der Waals surface area contributed by atoms with Crippen LogP contribution < -0.4 is 19.6 Å². The van der Waals surface area contributed by atoms with Gasteiger partial charge in [-0.3, -0.25) is 9.79 Å². The third-order valence-corrected chi connectivity index (χ3v) is 6.14. The van der Waals surface area contributed by atoms with Gasteiger partial charge in [0.25, 0.3) is 5.91 Å². The van der Waals surface area contributed by atoms with Crippen LogP contribution in [0, 0.1) is 0 Å². The van der Waals surface area contributed by atoms with Gasteiger partial charge in [0.15, 0.2) is 6.61 Å². The van der Waals surface area contributed by atoms with E-state index in [9.17, 15) is 4.79 Å². The van der Waals surface area contributed by atoms with Gasteiger partial charge in [0.1, 0.15) is 11.5 Å². The fourth-order valence-corrected chi connectivity index (χ4v) is 4.43. The van der Waals surface area contributed by atoms with Crippen molar-refractivity contribution in [3.05, 3.63) is 94.1 Å². The Balaban J connectivity index is 1.58. The van der Waals surface area contributed by atoms with Crippen molar-refractivity contribution in [1.29, 1.82) is 0 Å². The molecule has 0 atom stereocenters. The van der Waals surface area contributed by atoms with Crippen LogP contribution >= 0.6 is 11.3 Å². The summed E-state index contributed by atoms with van der Waals surface area (Å²) in [7, 11) is 1.64.